The highest BCUT2D eigenvalue weighted by molar-refractivity contribution is 5.31. The van der Waals surface area contributed by atoms with Crippen molar-refractivity contribution in [1.82, 2.24) is 0 Å². The van der Waals surface area contributed by atoms with Crippen LogP contribution in [0.2, 0.25) is 0 Å². The molecule has 0 amide bonds. The topological polar surface area (TPSA) is 64.7 Å². The second kappa shape index (κ2) is 4.94. The van der Waals surface area contributed by atoms with Crippen LogP contribution >= 0.6 is 0 Å². The lowest BCUT2D eigenvalue weighted by Crippen LogP contribution is -2.45. The van der Waals surface area contributed by atoms with E-state index < -0.39 is 5.60 Å². The van der Waals surface area contributed by atoms with E-state index in [1.54, 1.807) is 7.11 Å². The quantitative estimate of drug-likeness (QED) is 0.779. The third-order valence-electron chi connectivity index (χ3n) is 3.24. The number of hydrogen-bond donors (Lipinski definition) is 2. The molecule has 0 spiro atoms. The van der Waals surface area contributed by atoms with Crippen molar-refractivity contribution in [2.75, 3.05) is 20.3 Å². The molecule has 1 fully saturated rings. The first-order chi connectivity index (χ1) is 8.18. The Labute approximate surface area is 101 Å². The van der Waals surface area contributed by atoms with Gasteiger partial charge in [-0.1, -0.05) is 0 Å². The van der Waals surface area contributed by atoms with Crippen molar-refractivity contribution in [2.45, 2.75) is 18.4 Å². The van der Waals surface area contributed by atoms with Crippen molar-refractivity contribution in [1.29, 1.82) is 0 Å². The van der Waals surface area contributed by atoms with E-state index >= 15 is 0 Å². The zero-order valence-corrected chi connectivity index (χ0v) is 10.1. The summed E-state index contributed by atoms with van der Waals surface area (Å²) < 4.78 is 10.6. The zero-order chi connectivity index (χ0) is 12.3. The van der Waals surface area contributed by atoms with E-state index in [1.165, 1.54) is 0 Å². The maximum atomic E-state index is 10.2. The van der Waals surface area contributed by atoms with Gasteiger partial charge in [0.15, 0.2) is 0 Å². The van der Waals surface area contributed by atoms with Crippen LogP contribution < -0.4 is 15.2 Å². The average molecular weight is 237 g/mol. The van der Waals surface area contributed by atoms with E-state index in [2.05, 4.69) is 0 Å². The summed E-state index contributed by atoms with van der Waals surface area (Å²) in [5.41, 5.74) is 4.73. The highest BCUT2D eigenvalue weighted by Gasteiger charge is 2.43. The number of hydrogen-bond acceptors (Lipinski definition) is 4. The normalized spacial score (nSPS) is 18.5. The maximum absolute atomic E-state index is 10.2. The molecule has 1 aromatic carbocycles. The summed E-state index contributed by atoms with van der Waals surface area (Å²) in [4.78, 5) is 0. The second-order valence-electron chi connectivity index (χ2n) is 4.55. The van der Waals surface area contributed by atoms with E-state index in [0.29, 0.717) is 5.92 Å². The van der Waals surface area contributed by atoms with Gasteiger partial charge in [-0.15, -0.1) is 0 Å². The molecule has 1 aliphatic rings. The first-order valence-electron chi connectivity index (χ1n) is 5.87. The van der Waals surface area contributed by atoms with Crippen LogP contribution in [0.15, 0.2) is 24.3 Å². The molecule has 3 N–H and O–H groups in total. The lowest BCUT2D eigenvalue weighted by molar-refractivity contribution is -0.0162. The van der Waals surface area contributed by atoms with Gasteiger partial charge < -0.3 is 20.3 Å². The van der Waals surface area contributed by atoms with Crippen molar-refractivity contribution in [3.05, 3.63) is 24.3 Å². The van der Waals surface area contributed by atoms with Gasteiger partial charge in [0, 0.05) is 6.54 Å². The van der Waals surface area contributed by atoms with Gasteiger partial charge in [0.25, 0.3) is 0 Å². The predicted octanol–water partition coefficient (Wildman–Crippen LogP) is 1.17. The van der Waals surface area contributed by atoms with Crippen LogP contribution in [-0.2, 0) is 0 Å². The molecular weight excluding hydrogens is 218 g/mol. The van der Waals surface area contributed by atoms with Crippen LogP contribution in [0.5, 0.6) is 11.5 Å². The molecule has 1 saturated carbocycles. The summed E-state index contributed by atoms with van der Waals surface area (Å²) in [6, 6.07) is 7.30. The smallest absolute Gasteiger partial charge is 0.119 e. The lowest BCUT2D eigenvalue weighted by Gasteiger charge is -2.26. The zero-order valence-electron chi connectivity index (χ0n) is 10.1. The van der Waals surface area contributed by atoms with Crippen molar-refractivity contribution in [2.24, 2.45) is 11.7 Å². The Balaban J connectivity index is 1.91. The van der Waals surface area contributed by atoms with Gasteiger partial charge in [-0.2, -0.15) is 0 Å². The molecule has 0 heterocycles. The van der Waals surface area contributed by atoms with Gasteiger partial charge in [-0.05, 0) is 43.0 Å². The Morgan fingerprint density at radius 2 is 1.88 bits per heavy atom. The first-order valence-corrected chi connectivity index (χ1v) is 5.87. The minimum Gasteiger partial charge on any atom is -0.497 e. The molecule has 1 aromatic rings. The van der Waals surface area contributed by atoms with Crippen LogP contribution in [0.25, 0.3) is 0 Å². The third kappa shape index (κ3) is 2.90. The molecule has 0 aliphatic heterocycles. The van der Waals surface area contributed by atoms with Crippen LogP contribution in [0, 0.1) is 5.92 Å². The summed E-state index contributed by atoms with van der Waals surface area (Å²) in [7, 11) is 1.62. The van der Waals surface area contributed by atoms with Gasteiger partial charge in [0.2, 0.25) is 0 Å². The summed E-state index contributed by atoms with van der Waals surface area (Å²) in [5.74, 6) is 1.80. The van der Waals surface area contributed by atoms with Crippen LogP contribution in [0.1, 0.15) is 12.8 Å². The number of rotatable bonds is 6. The molecule has 0 aromatic heterocycles. The Morgan fingerprint density at radius 1 is 1.29 bits per heavy atom. The van der Waals surface area contributed by atoms with Gasteiger partial charge in [-0.3, -0.25) is 0 Å². The Hall–Kier alpha value is -1.26. The Morgan fingerprint density at radius 3 is 2.35 bits per heavy atom. The Kier molecular flexibility index (Phi) is 3.54. The predicted molar refractivity (Wildman–Crippen MR) is 65.2 cm³/mol. The van der Waals surface area contributed by atoms with E-state index in [9.17, 15) is 5.11 Å². The van der Waals surface area contributed by atoms with Crippen molar-refractivity contribution < 1.29 is 14.6 Å². The molecule has 1 unspecified atom stereocenters. The van der Waals surface area contributed by atoms with Crippen LogP contribution in [-0.4, -0.2) is 31.0 Å². The summed E-state index contributed by atoms with van der Waals surface area (Å²) in [6.45, 7) is 0.494. The fraction of sp³-hybridized carbons (Fsp3) is 0.538. The van der Waals surface area contributed by atoms with Gasteiger partial charge in [-0.25, -0.2) is 0 Å². The number of aliphatic hydroxyl groups is 1. The molecule has 94 valence electrons. The van der Waals surface area contributed by atoms with Crippen molar-refractivity contribution in [3.8, 4) is 11.5 Å². The number of benzene rings is 1. The van der Waals surface area contributed by atoms with E-state index in [0.717, 1.165) is 24.3 Å². The van der Waals surface area contributed by atoms with Gasteiger partial charge in [0.1, 0.15) is 23.7 Å². The number of nitrogens with two attached hydrogens (primary N) is 1. The highest BCUT2D eigenvalue weighted by Crippen LogP contribution is 2.39. The average Bonchev–Trinajstić information content (AvgIpc) is 3.21. The third-order valence-corrected chi connectivity index (χ3v) is 3.24. The molecule has 1 atom stereocenters. The molecule has 17 heavy (non-hydrogen) atoms. The summed E-state index contributed by atoms with van der Waals surface area (Å²) in [5, 5.41) is 10.2. The molecule has 4 nitrogen and oxygen atoms in total. The monoisotopic (exact) mass is 237 g/mol. The SMILES string of the molecule is COc1ccc(OCC(O)(CN)C2CC2)cc1. The largest absolute Gasteiger partial charge is 0.497 e. The van der Waals surface area contributed by atoms with Gasteiger partial charge in [0.05, 0.1) is 7.11 Å². The van der Waals surface area contributed by atoms with Crippen molar-refractivity contribution >= 4 is 0 Å². The number of ether oxygens (including phenoxy) is 2. The van der Waals surface area contributed by atoms with Gasteiger partial charge >= 0.3 is 0 Å². The van der Waals surface area contributed by atoms with E-state index in [-0.39, 0.29) is 13.2 Å². The Bertz CT molecular complexity index is 361. The summed E-state index contributed by atoms with van der Waals surface area (Å²) in [6.07, 6.45) is 2.08. The van der Waals surface area contributed by atoms with E-state index in [1.807, 2.05) is 24.3 Å². The molecule has 0 bridgehead atoms. The molecule has 1 aliphatic carbocycles. The molecule has 4 heteroatoms. The minimum absolute atomic E-state index is 0.244. The first kappa shape index (κ1) is 12.2. The summed E-state index contributed by atoms with van der Waals surface area (Å²) >= 11 is 0. The maximum Gasteiger partial charge on any atom is 0.119 e. The lowest BCUT2D eigenvalue weighted by atomic mass is 9.99. The van der Waals surface area contributed by atoms with Crippen LogP contribution in [0.3, 0.4) is 0 Å². The number of methoxy groups -OCH3 is 1. The van der Waals surface area contributed by atoms with Crippen molar-refractivity contribution in [3.63, 3.8) is 0 Å². The molecule has 0 saturated heterocycles. The standard InChI is InChI=1S/C13H19NO3/c1-16-11-4-6-12(7-5-11)17-9-13(15,8-14)10-2-3-10/h4-7,10,15H,2-3,8-9,14H2,1H3. The second-order valence-corrected chi connectivity index (χ2v) is 4.55. The molecular formula is C13H19NO3. The fourth-order valence-electron chi connectivity index (χ4n) is 1.84. The highest BCUT2D eigenvalue weighted by atomic mass is 16.5. The fourth-order valence-corrected chi connectivity index (χ4v) is 1.84. The van der Waals surface area contributed by atoms with E-state index in [4.69, 9.17) is 15.2 Å². The minimum atomic E-state index is -0.875. The van der Waals surface area contributed by atoms with Crippen LogP contribution in [0.4, 0.5) is 0 Å². The molecule has 2 rings (SSSR count). The molecule has 0 radical (unpaired) electrons.